The molecule has 0 saturated carbocycles. The number of nitrogens with zero attached hydrogens (tertiary/aromatic N) is 1. The van der Waals surface area contributed by atoms with Gasteiger partial charge < -0.3 is 0 Å². The maximum absolute atomic E-state index is 4.53. The molecule has 0 bridgehead atoms. The Morgan fingerprint density at radius 3 is 2.88 bits per heavy atom. The molecule has 1 aromatic carbocycles. The minimum atomic E-state index is 1.09. The molecule has 1 heteroatoms. The van der Waals surface area contributed by atoms with Gasteiger partial charge in [0.25, 0.3) is 0 Å². The predicted octanol–water partition coefficient (Wildman–Crippen LogP) is 3.97. The fourth-order valence-electron chi connectivity index (χ4n) is 2.18. The van der Waals surface area contributed by atoms with Gasteiger partial charge in [0.1, 0.15) is 0 Å². The van der Waals surface area contributed by atoms with Gasteiger partial charge in [-0.3, -0.25) is 4.98 Å². The number of hydrogen-bond donors (Lipinski definition) is 0. The Labute approximate surface area is 95.1 Å². The van der Waals surface area contributed by atoms with Crippen LogP contribution in [-0.4, -0.2) is 4.98 Å². The molecule has 0 aliphatic heterocycles. The lowest BCUT2D eigenvalue weighted by Crippen LogP contribution is -1.93. The maximum atomic E-state index is 4.53. The highest BCUT2D eigenvalue weighted by molar-refractivity contribution is 5.92. The van der Waals surface area contributed by atoms with Gasteiger partial charge in [-0.25, -0.2) is 0 Å². The monoisotopic (exact) mass is 207 g/mol. The summed E-state index contributed by atoms with van der Waals surface area (Å²) in [4.78, 5) is 4.53. The van der Waals surface area contributed by atoms with Crippen LogP contribution in [0.2, 0.25) is 0 Å². The van der Waals surface area contributed by atoms with Gasteiger partial charge in [0.15, 0.2) is 0 Å². The summed E-state index contributed by atoms with van der Waals surface area (Å²) in [5.41, 5.74) is 2.49. The summed E-state index contributed by atoms with van der Waals surface area (Å²) in [5.74, 6) is 0. The third-order valence-corrected chi connectivity index (χ3v) is 2.99. The molecule has 1 aliphatic carbocycles. The first-order valence-electron chi connectivity index (χ1n) is 5.65. The lowest BCUT2D eigenvalue weighted by molar-refractivity contribution is 1.04. The second-order valence-electron chi connectivity index (χ2n) is 4.04. The number of hydrogen-bond acceptors (Lipinski definition) is 1. The van der Waals surface area contributed by atoms with E-state index in [-0.39, 0.29) is 0 Å². The molecule has 1 nitrogen and oxygen atoms in total. The summed E-state index contributed by atoms with van der Waals surface area (Å²) in [6.45, 7) is 0. The Hall–Kier alpha value is -1.89. The van der Waals surface area contributed by atoms with Crippen LogP contribution >= 0.6 is 0 Å². The molecule has 0 amide bonds. The van der Waals surface area contributed by atoms with Gasteiger partial charge in [0, 0.05) is 11.6 Å². The molecule has 0 spiro atoms. The largest absolute Gasteiger partial charge is 0.256 e. The van der Waals surface area contributed by atoms with E-state index in [1.165, 1.54) is 16.3 Å². The number of allylic oxidation sites excluding steroid dienone is 4. The lowest BCUT2D eigenvalue weighted by atomic mass is 9.98. The molecule has 1 aliphatic rings. The van der Waals surface area contributed by atoms with Crippen LogP contribution < -0.4 is 0 Å². The second kappa shape index (κ2) is 3.93. The van der Waals surface area contributed by atoms with Gasteiger partial charge in [-0.05, 0) is 29.9 Å². The normalized spacial score (nSPS) is 15.1. The minimum absolute atomic E-state index is 1.09. The van der Waals surface area contributed by atoms with E-state index in [4.69, 9.17) is 0 Å². The summed E-state index contributed by atoms with van der Waals surface area (Å²) >= 11 is 0. The van der Waals surface area contributed by atoms with E-state index >= 15 is 0 Å². The average molecular weight is 207 g/mol. The van der Waals surface area contributed by atoms with Crippen LogP contribution in [0.15, 0.2) is 54.8 Å². The molecule has 1 aromatic heterocycles. The van der Waals surface area contributed by atoms with Crippen molar-refractivity contribution in [1.29, 1.82) is 0 Å². The summed E-state index contributed by atoms with van der Waals surface area (Å²) < 4.78 is 0. The number of rotatable bonds is 1. The third kappa shape index (κ3) is 1.54. The zero-order chi connectivity index (χ0) is 10.8. The zero-order valence-corrected chi connectivity index (χ0v) is 9.06. The maximum Gasteiger partial charge on any atom is 0.0740 e. The van der Waals surface area contributed by atoms with E-state index in [1.807, 2.05) is 6.20 Å². The van der Waals surface area contributed by atoms with Gasteiger partial charge >= 0.3 is 0 Å². The molecule has 0 radical (unpaired) electrons. The molecule has 0 atom stereocenters. The number of benzene rings is 1. The second-order valence-corrected chi connectivity index (χ2v) is 4.04. The number of fused-ring (bicyclic) bond motifs is 1. The Balaban J connectivity index is 2.23. The fourth-order valence-corrected chi connectivity index (χ4v) is 2.18. The van der Waals surface area contributed by atoms with Gasteiger partial charge in [-0.15, -0.1) is 0 Å². The van der Waals surface area contributed by atoms with Crippen LogP contribution in [0, 0.1) is 0 Å². The fraction of sp³-hybridized carbons (Fsp3) is 0.133. The molecule has 16 heavy (non-hydrogen) atoms. The van der Waals surface area contributed by atoms with Crippen molar-refractivity contribution >= 4 is 16.3 Å². The Morgan fingerprint density at radius 1 is 1.06 bits per heavy atom. The van der Waals surface area contributed by atoms with Crippen molar-refractivity contribution in [3.63, 3.8) is 0 Å². The molecule has 0 saturated heterocycles. The van der Waals surface area contributed by atoms with E-state index in [1.54, 1.807) is 0 Å². The lowest BCUT2D eigenvalue weighted by Gasteiger charge is -2.10. The van der Waals surface area contributed by atoms with Gasteiger partial charge in [0.2, 0.25) is 0 Å². The highest BCUT2D eigenvalue weighted by atomic mass is 14.7. The first-order chi connectivity index (χ1) is 7.95. The van der Waals surface area contributed by atoms with E-state index in [2.05, 4.69) is 53.5 Å². The van der Waals surface area contributed by atoms with Crippen molar-refractivity contribution < 1.29 is 0 Å². The molecule has 78 valence electrons. The molecular formula is C15H13N. The van der Waals surface area contributed by atoms with Crippen LogP contribution in [0.1, 0.15) is 18.5 Å². The van der Waals surface area contributed by atoms with Crippen LogP contribution in [0.25, 0.3) is 16.3 Å². The van der Waals surface area contributed by atoms with Gasteiger partial charge in [0.05, 0.1) is 5.69 Å². The standard InChI is InChI=1S/C15H13N/c1-2-7-13(8-3-1)15-14-9-5-4-6-12(14)10-11-16-15/h1-2,4-7,9-11H,3,8H2. The zero-order valence-electron chi connectivity index (χ0n) is 9.06. The predicted molar refractivity (Wildman–Crippen MR) is 68.1 cm³/mol. The van der Waals surface area contributed by atoms with Crippen LogP contribution in [0.3, 0.4) is 0 Å². The van der Waals surface area contributed by atoms with Gasteiger partial charge in [-0.1, -0.05) is 42.5 Å². The molecule has 0 N–H and O–H groups in total. The van der Waals surface area contributed by atoms with Crippen molar-refractivity contribution in [2.75, 3.05) is 0 Å². The van der Waals surface area contributed by atoms with Crippen molar-refractivity contribution in [2.24, 2.45) is 0 Å². The summed E-state index contributed by atoms with van der Waals surface area (Å²) in [5, 5.41) is 2.52. The van der Waals surface area contributed by atoms with Crippen molar-refractivity contribution in [2.45, 2.75) is 12.8 Å². The molecule has 3 rings (SSSR count). The molecule has 0 fully saturated rings. The van der Waals surface area contributed by atoms with Gasteiger partial charge in [-0.2, -0.15) is 0 Å². The number of pyridine rings is 1. The van der Waals surface area contributed by atoms with E-state index in [0.29, 0.717) is 0 Å². The smallest absolute Gasteiger partial charge is 0.0740 e. The van der Waals surface area contributed by atoms with E-state index < -0.39 is 0 Å². The summed E-state index contributed by atoms with van der Waals surface area (Å²) in [7, 11) is 0. The van der Waals surface area contributed by atoms with E-state index in [0.717, 1.165) is 18.5 Å². The third-order valence-electron chi connectivity index (χ3n) is 2.99. The Bertz CT molecular complexity index is 574. The summed E-state index contributed by atoms with van der Waals surface area (Å²) in [6.07, 6.45) is 10.6. The SMILES string of the molecule is C1=CCCC(c2nccc3ccccc23)=C1. The van der Waals surface area contributed by atoms with Crippen molar-refractivity contribution in [3.8, 4) is 0 Å². The van der Waals surface area contributed by atoms with Crippen LogP contribution in [-0.2, 0) is 0 Å². The van der Waals surface area contributed by atoms with Crippen molar-refractivity contribution in [3.05, 3.63) is 60.5 Å². The van der Waals surface area contributed by atoms with Crippen LogP contribution in [0.5, 0.6) is 0 Å². The topological polar surface area (TPSA) is 12.9 Å². The Kier molecular flexibility index (Phi) is 2.30. The molecule has 0 unspecified atom stereocenters. The Morgan fingerprint density at radius 2 is 2.00 bits per heavy atom. The summed E-state index contributed by atoms with van der Waals surface area (Å²) in [6, 6.07) is 10.5. The first-order valence-corrected chi connectivity index (χ1v) is 5.65. The number of aromatic nitrogens is 1. The molecule has 1 heterocycles. The first kappa shape index (κ1) is 9.34. The van der Waals surface area contributed by atoms with Crippen molar-refractivity contribution in [1.82, 2.24) is 4.98 Å². The molecular weight excluding hydrogens is 194 g/mol. The molecule has 2 aromatic rings. The highest BCUT2D eigenvalue weighted by Gasteiger charge is 2.08. The van der Waals surface area contributed by atoms with E-state index in [9.17, 15) is 0 Å². The minimum Gasteiger partial charge on any atom is -0.256 e. The van der Waals surface area contributed by atoms with Crippen LogP contribution in [0.4, 0.5) is 0 Å². The highest BCUT2D eigenvalue weighted by Crippen LogP contribution is 2.27. The quantitative estimate of drug-likeness (QED) is 0.689. The average Bonchev–Trinajstić information content (AvgIpc) is 2.39.